The number of aliphatic hydroxyl groups is 1. The second-order valence-corrected chi connectivity index (χ2v) is 5.47. The summed E-state index contributed by atoms with van der Waals surface area (Å²) in [5, 5.41) is 10.9. The van der Waals surface area contributed by atoms with Gasteiger partial charge in [0, 0.05) is 10.0 Å². The Morgan fingerprint density at radius 3 is 2.44 bits per heavy atom. The second kappa shape index (κ2) is 5.57. The highest BCUT2D eigenvalue weighted by atomic mass is 79.9. The van der Waals surface area contributed by atoms with Gasteiger partial charge in [-0.25, -0.2) is 4.39 Å². The van der Waals surface area contributed by atoms with Crippen molar-refractivity contribution in [1.29, 1.82) is 0 Å². The van der Waals surface area contributed by atoms with Crippen molar-refractivity contribution in [2.24, 2.45) is 0 Å². The summed E-state index contributed by atoms with van der Waals surface area (Å²) in [6.07, 6.45) is -1.09. The lowest BCUT2D eigenvalue weighted by Crippen LogP contribution is -2.02. The maximum Gasteiger partial charge on any atom is 0.129 e. The fourth-order valence-electron chi connectivity index (χ4n) is 1.59. The maximum atomic E-state index is 13.6. The molecule has 1 unspecified atom stereocenters. The molecule has 94 valence electrons. The molecule has 0 radical (unpaired) electrons. The van der Waals surface area contributed by atoms with Crippen LogP contribution in [0, 0.1) is 5.82 Å². The van der Waals surface area contributed by atoms with E-state index in [1.807, 2.05) is 0 Å². The maximum absolute atomic E-state index is 13.6. The normalized spacial score (nSPS) is 12.5. The topological polar surface area (TPSA) is 20.2 Å². The van der Waals surface area contributed by atoms with Crippen molar-refractivity contribution < 1.29 is 9.50 Å². The van der Waals surface area contributed by atoms with E-state index in [2.05, 4.69) is 15.9 Å². The Bertz CT molecular complexity index is 589. The van der Waals surface area contributed by atoms with E-state index in [-0.39, 0.29) is 5.56 Å². The summed E-state index contributed by atoms with van der Waals surface area (Å²) >= 11 is 14.9. The Kier molecular flexibility index (Phi) is 4.28. The quantitative estimate of drug-likeness (QED) is 0.810. The zero-order valence-electron chi connectivity index (χ0n) is 9.00. The van der Waals surface area contributed by atoms with E-state index >= 15 is 0 Å². The Morgan fingerprint density at radius 2 is 1.78 bits per heavy atom. The van der Waals surface area contributed by atoms with E-state index in [0.29, 0.717) is 20.1 Å². The molecule has 0 aliphatic rings. The molecular weight excluding hydrogens is 342 g/mol. The second-order valence-electron chi connectivity index (χ2n) is 3.74. The van der Waals surface area contributed by atoms with Crippen LogP contribution in [0.5, 0.6) is 0 Å². The third-order valence-electron chi connectivity index (χ3n) is 2.51. The molecular formula is C13H8BrCl2FO. The lowest BCUT2D eigenvalue weighted by Gasteiger charge is -2.13. The van der Waals surface area contributed by atoms with Gasteiger partial charge >= 0.3 is 0 Å². The number of hydrogen-bond acceptors (Lipinski definition) is 1. The molecule has 0 saturated heterocycles. The number of benzene rings is 2. The molecule has 0 fully saturated rings. The molecule has 0 spiro atoms. The zero-order valence-corrected chi connectivity index (χ0v) is 12.1. The van der Waals surface area contributed by atoms with Crippen molar-refractivity contribution in [1.82, 2.24) is 0 Å². The molecule has 1 nitrogen and oxygen atoms in total. The highest BCUT2D eigenvalue weighted by molar-refractivity contribution is 9.10. The van der Waals surface area contributed by atoms with E-state index < -0.39 is 11.9 Å². The Labute approximate surface area is 122 Å². The Balaban J connectivity index is 2.44. The van der Waals surface area contributed by atoms with Gasteiger partial charge in [-0.15, -0.1) is 0 Å². The third kappa shape index (κ3) is 2.86. The molecule has 1 atom stereocenters. The predicted molar refractivity (Wildman–Crippen MR) is 74.6 cm³/mol. The summed E-state index contributed by atoms with van der Waals surface area (Å²) in [6.45, 7) is 0. The van der Waals surface area contributed by atoms with E-state index in [0.717, 1.165) is 0 Å². The average molecular weight is 350 g/mol. The number of halogens is 4. The van der Waals surface area contributed by atoms with Gasteiger partial charge in [0.05, 0.1) is 10.0 Å². The average Bonchev–Trinajstić information content (AvgIpc) is 2.35. The first-order valence-electron chi connectivity index (χ1n) is 5.07. The summed E-state index contributed by atoms with van der Waals surface area (Å²) in [7, 11) is 0. The van der Waals surface area contributed by atoms with Crippen LogP contribution in [-0.2, 0) is 0 Å². The smallest absolute Gasteiger partial charge is 0.129 e. The van der Waals surface area contributed by atoms with Crippen molar-refractivity contribution in [3.8, 4) is 0 Å². The van der Waals surface area contributed by atoms with E-state index in [1.165, 1.54) is 18.2 Å². The lowest BCUT2D eigenvalue weighted by molar-refractivity contribution is 0.215. The third-order valence-corrected chi connectivity index (χ3v) is 3.74. The van der Waals surface area contributed by atoms with Crippen LogP contribution in [-0.4, -0.2) is 5.11 Å². The van der Waals surface area contributed by atoms with Gasteiger partial charge in [-0.05, 0) is 35.9 Å². The fraction of sp³-hybridized carbons (Fsp3) is 0.0769. The Morgan fingerprint density at radius 1 is 1.06 bits per heavy atom. The number of hydrogen-bond donors (Lipinski definition) is 1. The minimum atomic E-state index is -1.09. The summed E-state index contributed by atoms with van der Waals surface area (Å²) in [5.41, 5.74) is 0.671. The van der Waals surface area contributed by atoms with Crippen LogP contribution >= 0.6 is 39.1 Å². The molecule has 2 aromatic carbocycles. The van der Waals surface area contributed by atoms with Crippen LogP contribution < -0.4 is 0 Å². The molecule has 0 saturated carbocycles. The van der Waals surface area contributed by atoms with Crippen LogP contribution in [0.1, 0.15) is 17.2 Å². The van der Waals surface area contributed by atoms with E-state index in [9.17, 15) is 9.50 Å². The first kappa shape index (κ1) is 13.8. The van der Waals surface area contributed by atoms with Crippen molar-refractivity contribution in [3.63, 3.8) is 0 Å². The molecule has 0 heterocycles. The van der Waals surface area contributed by atoms with Crippen molar-refractivity contribution in [2.45, 2.75) is 6.10 Å². The van der Waals surface area contributed by atoms with E-state index in [4.69, 9.17) is 23.2 Å². The van der Waals surface area contributed by atoms with Crippen LogP contribution in [0.25, 0.3) is 0 Å². The number of aliphatic hydroxyl groups excluding tert-OH is 1. The van der Waals surface area contributed by atoms with Gasteiger partial charge in [-0.2, -0.15) is 0 Å². The zero-order chi connectivity index (χ0) is 13.3. The number of rotatable bonds is 2. The molecule has 18 heavy (non-hydrogen) atoms. The minimum absolute atomic E-state index is 0.183. The monoisotopic (exact) mass is 348 g/mol. The minimum Gasteiger partial charge on any atom is -0.384 e. The molecule has 0 aromatic heterocycles. The van der Waals surface area contributed by atoms with Gasteiger partial charge in [0.2, 0.25) is 0 Å². The fourth-order valence-corrected chi connectivity index (χ4v) is 2.27. The summed E-state index contributed by atoms with van der Waals surface area (Å²) < 4.78 is 14.3. The summed E-state index contributed by atoms with van der Waals surface area (Å²) in [5.74, 6) is -0.475. The van der Waals surface area contributed by atoms with Crippen LogP contribution in [0.2, 0.25) is 10.0 Å². The van der Waals surface area contributed by atoms with Gasteiger partial charge in [0.1, 0.15) is 11.9 Å². The van der Waals surface area contributed by atoms with Crippen molar-refractivity contribution in [2.75, 3.05) is 0 Å². The first-order valence-corrected chi connectivity index (χ1v) is 6.62. The van der Waals surface area contributed by atoms with Gasteiger partial charge in [0.25, 0.3) is 0 Å². The van der Waals surface area contributed by atoms with Gasteiger partial charge in [-0.1, -0.05) is 45.2 Å². The molecule has 2 rings (SSSR count). The molecule has 0 bridgehead atoms. The van der Waals surface area contributed by atoms with Crippen LogP contribution in [0.4, 0.5) is 4.39 Å². The predicted octanol–water partition coefficient (Wildman–Crippen LogP) is 4.98. The SMILES string of the molecule is OC(c1ccc(Cl)c(Cl)c1)c1cc(Br)ccc1F. The lowest BCUT2D eigenvalue weighted by atomic mass is 10.0. The summed E-state index contributed by atoms with van der Waals surface area (Å²) in [6, 6.07) is 9.09. The molecule has 5 heteroatoms. The largest absolute Gasteiger partial charge is 0.384 e. The molecule has 0 amide bonds. The Hall–Kier alpha value is -0.610. The van der Waals surface area contributed by atoms with E-state index in [1.54, 1.807) is 18.2 Å². The molecule has 0 aliphatic carbocycles. The standard InChI is InChI=1S/C13H8BrCl2FO/c14-8-2-4-12(17)9(6-8)13(18)7-1-3-10(15)11(16)5-7/h1-6,13,18H. The van der Waals surface area contributed by atoms with Gasteiger partial charge in [-0.3, -0.25) is 0 Å². The van der Waals surface area contributed by atoms with Crippen LogP contribution in [0.15, 0.2) is 40.9 Å². The highest BCUT2D eigenvalue weighted by Gasteiger charge is 2.16. The summed E-state index contributed by atoms with van der Waals surface area (Å²) in [4.78, 5) is 0. The van der Waals surface area contributed by atoms with Crippen LogP contribution in [0.3, 0.4) is 0 Å². The van der Waals surface area contributed by atoms with Crippen molar-refractivity contribution >= 4 is 39.1 Å². The van der Waals surface area contributed by atoms with Crippen molar-refractivity contribution in [3.05, 3.63) is 67.9 Å². The molecule has 1 N–H and O–H groups in total. The van der Waals surface area contributed by atoms with Gasteiger partial charge in [0.15, 0.2) is 0 Å². The first-order chi connectivity index (χ1) is 8.49. The van der Waals surface area contributed by atoms with Gasteiger partial charge < -0.3 is 5.11 Å². The highest BCUT2D eigenvalue weighted by Crippen LogP contribution is 2.31. The molecule has 0 aliphatic heterocycles. The molecule has 2 aromatic rings.